The Bertz CT molecular complexity index is 377. The van der Waals surface area contributed by atoms with Gasteiger partial charge in [-0.05, 0) is 31.5 Å². The van der Waals surface area contributed by atoms with Crippen molar-refractivity contribution in [3.05, 3.63) is 23.9 Å². The number of anilines is 1. The molecule has 2 aliphatic rings. The van der Waals surface area contributed by atoms with Crippen LogP contribution in [0.15, 0.2) is 18.3 Å². The Balaban J connectivity index is 1.56. The lowest BCUT2D eigenvalue weighted by Crippen LogP contribution is -2.44. The second-order valence-electron chi connectivity index (χ2n) is 5.47. The minimum atomic E-state index is 0.766. The summed E-state index contributed by atoms with van der Waals surface area (Å²) >= 11 is 0. The van der Waals surface area contributed by atoms with Gasteiger partial charge in [-0.2, -0.15) is 0 Å². The summed E-state index contributed by atoms with van der Waals surface area (Å²) in [6, 6.07) is 5.13. The zero-order chi connectivity index (χ0) is 12.4. The van der Waals surface area contributed by atoms with Crippen molar-refractivity contribution in [3.63, 3.8) is 0 Å². The van der Waals surface area contributed by atoms with E-state index >= 15 is 0 Å². The summed E-state index contributed by atoms with van der Waals surface area (Å²) in [5.41, 5.74) is 1.29. The molecule has 18 heavy (non-hydrogen) atoms. The van der Waals surface area contributed by atoms with Crippen LogP contribution in [0, 0.1) is 0 Å². The highest BCUT2D eigenvalue weighted by Gasteiger charge is 2.20. The number of nitrogens with zero attached hydrogens (tertiary/aromatic N) is 3. The van der Waals surface area contributed by atoms with Crippen LogP contribution in [0.1, 0.15) is 18.4 Å². The van der Waals surface area contributed by atoms with Gasteiger partial charge in [-0.15, -0.1) is 0 Å². The molecule has 4 heteroatoms. The molecule has 0 spiro atoms. The summed E-state index contributed by atoms with van der Waals surface area (Å²) < 4.78 is 0. The summed E-state index contributed by atoms with van der Waals surface area (Å²) in [5, 5.41) is 3.52. The van der Waals surface area contributed by atoms with Crippen molar-refractivity contribution in [3.8, 4) is 0 Å². The summed E-state index contributed by atoms with van der Waals surface area (Å²) in [6.07, 6.45) is 4.70. The third-order valence-electron chi connectivity index (χ3n) is 3.81. The first-order valence-electron chi connectivity index (χ1n) is 6.93. The second kappa shape index (κ2) is 5.24. The van der Waals surface area contributed by atoms with Crippen molar-refractivity contribution in [1.29, 1.82) is 0 Å². The van der Waals surface area contributed by atoms with Gasteiger partial charge >= 0.3 is 0 Å². The van der Waals surface area contributed by atoms with E-state index in [9.17, 15) is 0 Å². The number of hydrogen-bond acceptors (Lipinski definition) is 4. The number of nitrogens with one attached hydrogen (secondary N) is 1. The van der Waals surface area contributed by atoms with Crippen LogP contribution in [-0.4, -0.2) is 49.2 Å². The zero-order valence-corrected chi connectivity index (χ0v) is 11.1. The maximum atomic E-state index is 4.59. The van der Waals surface area contributed by atoms with Gasteiger partial charge in [0.1, 0.15) is 5.82 Å². The second-order valence-corrected chi connectivity index (χ2v) is 5.47. The fourth-order valence-corrected chi connectivity index (χ4v) is 2.29. The highest BCUT2D eigenvalue weighted by atomic mass is 15.3. The van der Waals surface area contributed by atoms with Crippen molar-refractivity contribution < 1.29 is 0 Å². The molecular weight excluding hydrogens is 224 g/mol. The lowest BCUT2D eigenvalue weighted by atomic mass is 10.2. The van der Waals surface area contributed by atoms with Crippen LogP contribution >= 0.6 is 0 Å². The molecule has 0 atom stereocenters. The molecule has 1 aromatic heterocycles. The van der Waals surface area contributed by atoms with Crippen LogP contribution in [0.25, 0.3) is 0 Å². The van der Waals surface area contributed by atoms with Crippen LogP contribution < -0.4 is 10.2 Å². The summed E-state index contributed by atoms with van der Waals surface area (Å²) in [5.74, 6) is 1.12. The van der Waals surface area contributed by atoms with Gasteiger partial charge < -0.3 is 15.1 Å². The molecule has 0 radical (unpaired) electrons. The summed E-state index contributed by atoms with van der Waals surface area (Å²) in [4.78, 5) is 9.33. The third-order valence-corrected chi connectivity index (χ3v) is 3.81. The molecule has 98 valence electrons. The first kappa shape index (κ1) is 11.9. The number of aromatic nitrogens is 1. The predicted octanol–water partition coefficient (Wildman–Crippen LogP) is 1.09. The topological polar surface area (TPSA) is 31.4 Å². The molecule has 0 bridgehead atoms. The van der Waals surface area contributed by atoms with Gasteiger partial charge in [-0.1, -0.05) is 6.07 Å². The van der Waals surface area contributed by atoms with Gasteiger partial charge in [-0.3, -0.25) is 0 Å². The van der Waals surface area contributed by atoms with Crippen molar-refractivity contribution in [2.75, 3.05) is 38.1 Å². The SMILES string of the molecule is CN1CCN(c2ccc(CNC3CC3)cn2)CC1. The number of rotatable bonds is 4. The molecular formula is C14H22N4. The van der Waals surface area contributed by atoms with Gasteiger partial charge in [0, 0.05) is 45.0 Å². The van der Waals surface area contributed by atoms with Crippen molar-refractivity contribution in [2.45, 2.75) is 25.4 Å². The molecule has 0 aromatic carbocycles. The molecule has 2 heterocycles. The Kier molecular flexibility index (Phi) is 3.48. The van der Waals surface area contributed by atoms with E-state index in [4.69, 9.17) is 0 Å². The Morgan fingerprint density at radius 3 is 2.61 bits per heavy atom. The highest BCUT2D eigenvalue weighted by Crippen LogP contribution is 2.19. The highest BCUT2D eigenvalue weighted by molar-refractivity contribution is 5.39. The van der Waals surface area contributed by atoms with E-state index in [1.165, 1.54) is 18.4 Å². The van der Waals surface area contributed by atoms with Crippen molar-refractivity contribution in [2.24, 2.45) is 0 Å². The molecule has 1 aliphatic carbocycles. The average molecular weight is 246 g/mol. The van der Waals surface area contributed by atoms with Gasteiger partial charge in [0.2, 0.25) is 0 Å². The molecule has 1 aliphatic heterocycles. The Morgan fingerprint density at radius 1 is 1.22 bits per heavy atom. The quantitative estimate of drug-likeness (QED) is 0.861. The van der Waals surface area contributed by atoms with E-state index in [2.05, 4.69) is 39.3 Å². The van der Waals surface area contributed by atoms with Crippen LogP contribution in [0.4, 0.5) is 5.82 Å². The smallest absolute Gasteiger partial charge is 0.128 e. The standard InChI is InChI=1S/C14H22N4/c1-17-6-8-18(9-7-17)14-5-2-12(11-16-14)10-15-13-3-4-13/h2,5,11,13,15H,3-4,6-10H2,1H3. The number of hydrogen-bond donors (Lipinski definition) is 1. The lowest BCUT2D eigenvalue weighted by molar-refractivity contribution is 0.312. The average Bonchev–Trinajstić information content (AvgIpc) is 3.22. The summed E-state index contributed by atoms with van der Waals surface area (Å²) in [7, 11) is 2.18. The molecule has 1 aromatic rings. The van der Waals surface area contributed by atoms with E-state index in [1.54, 1.807) is 0 Å². The monoisotopic (exact) mass is 246 g/mol. The maximum absolute atomic E-state index is 4.59. The third kappa shape index (κ3) is 3.00. The fraction of sp³-hybridized carbons (Fsp3) is 0.643. The minimum Gasteiger partial charge on any atom is -0.354 e. The van der Waals surface area contributed by atoms with E-state index in [1.807, 2.05) is 6.20 Å². The first-order chi connectivity index (χ1) is 8.81. The fourth-order valence-electron chi connectivity index (χ4n) is 2.29. The lowest BCUT2D eigenvalue weighted by Gasteiger charge is -2.33. The van der Waals surface area contributed by atoms with E-state index in [0.717, 1.165) is 44.6 Å². The van der Waals surface area contributed by atoms with Gasteiger partial charge in [0.15, 0.2) is 0 Å². The van der Waals surface area contributed by atoms with Crippen molar-refractivity contribution >= 4 is 5.82 Å². The van der Waals surface area contributed by atoms with Gasteiger partial charge in [-0.25, -0.2) is 4.98 Å². The van der Waals surface area contributed by atoms with Gasteiger partial charge in [0.05, 0.1) is 0 Å². The largest absolute Gasteiger partial charge is 0.354 e. The zero-order valence-electron chi connectivity index (χ0n) is 11.1. The molecule has 0 unspecified atom stereocenters. The molecule has 4 nitrogen and oxygen atoms in total. The van der Waals surface area contributed by atoms with Crippen molar-refractivity contribution in [1.82, 2.24) is 15.2 Å². The molecule has 0 amide bonds. The number of likely N-dealkylation sites (N-methyl/N-ethyl adjacent to an activating group) is 1. The molecule has 1 saturated heterocycles. The summed E-state index contributed by atoms with van der Waals surface area (Å²) in [6.45, 7) is 5.40. The van der Waals surface area contributed by atoms with Crippen LogP contribution in [0.3, 0.4) is 0 Å². The Morgan fingerprint density at radius 2 is 2.00 bits per heavy atom. The van der Waals surface area contributed by atoms with E-state index in [0.29, 0.717) is 0 Å². The Labute approximate surface area is 109 Å². The predicted molar refractivity (Wildman–Crippen MR) is 73.8 cm³/mol. The van der Waals surface area contributed by atoms with Gasteiger partial charge in [0.25, 0.3) is 0 Å². The van der Waals surface area contributed by atoms with Crippen LogP contribution in [0.5, 0.6) is 0 Å². The number of pyridine rings is 1. The maximum Gasteiger partial charge on any atom is 0.128 e. The van der Waals surface area contributed by atoms with E-state index < -0.39 is 0 Å². The number of piperazine rings is 1. The first-order valence-corrected chi connectivity index (χ1v) is 6.93. The minimum absolute atomic E-state index is 0.766. The van der Waals surface area contributed by atoms with E-state index in [-0.39, 0.29) is 0 Å². The molecule has 1 N–H and O–H groups in total. The molecule has 3 rings (SSSR count). The normalized spacial score (nSPS) is 21.3. The Hall–Kier alpha value is -1.13. The van der Waals surface area contributed by atoms with Crippen LogP contribution in [-0.2, 0) is 6.54 Å². The molecule has 2 fully saturated rings. The molecule has 1 saturated carbocycles. The van der Waals surface area contributed by atoms with Crippen LogP contribution in [0.2, 0.25) is 0 Å².